The molecule has 0 aromatic heterocycles. The number of anilines is 1. The number of piperazine rings is 1. The number of halogens is 1. The number of rotatable bonds is 4. The molecule has 0 bridgehead atoms. The number of nitrogens with zero attached hydrogens (tertiary/aromatic N) is 2. The van der Waals surface area contributed by atoms with Crippen LogP contribution in [0.2, 0.25) is 0 Å². The quantitative estimate of drug-likeness (QED) is 0.914. The van der Waals surface area contributed by atoms with E-state index in [1.54, 1.807) is 6.07 Å². The second kappa shape index (κ2) is 6.55. The van der Waals surface area contributed by atoms with Gasteiger partial charge in [-0.05, 0) is 45.1 Å². The van der Waals surface area contributed by atoms with Crippen molar-refractivity contribution in [3.63, 3.8) is 0 Å². The molecule has 2 unspecified atom stereocenters. The fourth-order valence-electron chi connectivity index (χ4n) is 2.90. The summed E-state index contributed by atoms with van der Waals surface area (Å²) in [5.41, 5.74) is 1.73. The Bertz CT molecular complexity index is 449. The van der Waals surface area contributed by atoms with Gasteiger partial charge >= 0.3 is 0 Å². The molecular weight excluding hydrogens is 253 g/mol. The first-order valence-electron chi connectivity index (χ1n) is 7.52. The molecule has 1 saturated heterocycles. The lowest BCUT2D eigenvalue weighted by Crippen LogP contribution is -2.52. The maximum atomic E-state index is 14.4. The van der Waals surface area contributed by atoms with Crippen LogP contribution in [0, 0.1) is 5.82 Å². The van der Waals surface area contributed by atoms with E-state index in [2.05, 4.69) is 29.0 Å². The fourth-order valence-corrected chi connectivity index (χ4v) is 2.90. The number of hydrogen-bond donors (Lipinski definition) is 1. The van der Waals surface area contributed by atoms with Gasteiger partial charge in [0.1, 0.15) is 5.82 Å². The van der Waals surface area contributed by atoms with Crippen molar-refractivity contribution in [1.82, 2.24) is 10.2 Å². The zero-order valence-electron chi connectivity index (χ0n) is 13.0. The van der Waals surface area contributed by atoms with Crippen molar-refractivity contribution in [2.45, 2.75) is 32.9 Å². The van der Waals surface area contributed by atoms with E-state index in [4.69, 9.17) is 0 Å². The van der Waals surface area contributed by atoms with Crippen LogP contribution in [0.4, 0.5) is 10.1 Å². The monoisotopic (exact) mass is 279 g/mol. The molecule has 1 fully saturated rings. The molecule has 1 aromatic rings. The van der Waals surface area contributed by atoms with E-state index in [-0.39, 0.29) is 11.9 Å². The van der Waals surface area contributed by atoms with Crippen molar-refractivity contribution in [3.8, 4) is 0 Å². The summed E-state index contributed by atoms with van der Waals surface area (Å²) in [5, 5.41) is 3.14. The van der Waals surface area contributed by atoms with E-state index in [1.807, 2.05) is 26.1 Å². The maximum absolute atomic E-state index is 14.4. The molecule has 0 saturated carbocycles. The molecule has 0 spiro atoms. The number of hydrogen-bond acceptors (Lipinski definition) is 3. The lowest BCUT2D eigenvalue weighted by molar-refractivity contribution is 0.199. The molecular formula is C16H26FN3. The predicted octanol–water partition coefficient (Wildman–Crippen LogP) is 2.64. The normalized spacial score (nSPS) is 22.1. The Labute approximate surface area is 121 Å². The van der Waals surface area contributed by atoms with E-state index in [0.29, 0.717) is 6.04 Å². The van der Waals surface area contributed by atoms with Gasteiger partial charge in [0.25, 0.3) is 0 Å². The van der Waals surface area contributed by atoms with Crippen LogP contribution in [0.15, 0.2) is 18.2 Å². The van der Waals surface area contributed by atoms with Gasteiger partial charge in [-0.3, -0.25) is 4.90 Å². The maximum Gasteiger partial charge on any atom is 0.146 e. The predicted molar refractivity (Wildman–Crippen MR) is 82.8 cm³/mol. The van der Waals surface area contributed by atoms with Gasteiger partial charge in [0.2, 0.25) is 0 Å². The molecule has 1 aliphatic heterocycles. The third-order valence-corrected chi connectivity index (χ3v) is 4.42. The van der Waals surface area contributed by atoms with E-state index >= 15 is 0 Å². The smallest absolute Gasteiger partial charge is 0.146 e. The van der Waals surface area contributed by atoms with Crippen LogP contribution in [0.1, 0.15) is 32.4 Å². The van der Waals surface area contributed by atoms with Crippen molar-refractivity contribution >= 4 is 5.69 Å². The van der Waals surface area contributed by atoms with Crippen molar-refractivity contribution in [2.75, 3.05) is 38.1 Å². The molecule has 20 heavy (non-hydrogen) atoms. The molecule has 2 atom stereocenters. The highest BCUT2D eigenvalue weighted by atomic mass is 19.1. The summed E-state index contributed by atoms with van der Waals surface area (Å²) < 4.78 is 14.4. The topological polar surface area (TPSA) is 18.5 Å². The van der Waals surface area contributed by atoms with Gasteiger partial charge in [-0.2, -0.15) is 0 Å². The van der Waals surface area contributed by atoms with Gasteiger partial charge in [0.05, 0.1) is 5.69 Å². The Balaban J connectivity index is 2.14. The number of likely N-dealkylation sites (N-methyl/N-ethyl adjacent to an activating group) is 1. The van der Waals surface area contributed by atoms with Gasteiger partial charge in [0, 0.05) is 31.7 Å². The van der Waals surface area contributed by atoms with Crippen molar-refractivity contribution < 1.29 is 4.39 Å². The Kier molecular flexibility index (Phi) is 5.00. The molecule has 1 heterocycles. The average molecular weight is 279 g/mol. The Morgan fingerprint density at radius 3 is 2.70 bits per heavy atom. The van der Waals surface area contributed by atoms with Crippen molar-refractivity contribution in [1.29, 1.82) is 0 Å². The molecule has 1 aromatic carbocycles. The van der Waals surface area contributed by atoms with E-state index in [1.165, 1.54) is 0 Å². The minimum Gasteiger partial charge on any atom is -0.366 e. The lowest BCUT2D eigenvalue weighted by atomic mass is 10.1. The molecule has 0 amide bonds. The second-order valence-electron chi connectivity index (χ2n) is 5.64. The highest BCUT2D eigenvalue weighted by Crippen LogP contribution is 2.25. The molecule has 1 N–H and O–H groups in total. The average Bonchev–Trinajstić information content (AvgIpc) is 2.46. The minimum atomic E-state index is -0.109. The zero-order valence-corrected chi connectivity index (χ0v) is 13.0. The lowest BCUT2D eigenvalue weighted by Gasteiger charge is -2.40. The first-order chi connectivity index (χ1) is 9.56. The largest absolute Gasteiger partial charge is 0.366 e. The van der Waals surface area contributed by atoms with Gasteiger partial charge in [-0.1, -0.05) is 13.0 Å². The molecule has 112 valence electrons. The first-order valence-corrected chi connectivity index (χ1v) is 7.52. The SMILES string of the molecule is CCN1CCN(c2ccc(C(C)NC)cc2F)CC1C. The summed E-state index contributed by atoms with van der Waals surface area (Å²) in [6, 6.07) is 6.26. The summed E-state index contributed by atoms with van der Waals surface area (Å²) >= 11 is 0. The van der Waals surface area contributed by atoms with Crippen LogP contribution in [0.3, 0.4) is 0 Å². The Hall–Kier alpha value is -1.13. The van der Waals surface area contributed by atoms with Crippen LogP contribution < -0.4 is 10.2 Å². The zero-order chi connectivity index (χ0) is 14.7. The summed E-state index contributed by atoms with van der Waals surface area (Å²) in [5.74, 6) is -0.109. The summed E-state index contributed by atoms with van der Waals surface area (Å²) in [4.78, 5) is 4.60. The van der Waals surface area contributed by atoms with Crippen molar-refractivity contribution in [3.05, 3.63) is 29.6 Å². The van der Waals surface area contributed by atoms with Gasteiger partial charge < -0.3 is 10.2 Å². The fraction of sp³-hybridized carbons (Fsp3) is 0.625. The summed E-state index contributed by atoms with van der Waals surface area (Å²) in [7, 11) is 1.89. The second-order valence-corrected chi connectivity index (χ2v) is 5.64. The van der Waals surface area contributed by atoms with Gasteiger partial charge in [-0.25, -0.2) is 4.39 Å². The highest BCUT2D eigenvalue weighted by Gasteiger charge is 2.24. The molecule has 1 aliphatic rings. The Morgan fingerprint density at radius 2 is 2.15 bits per heavy atom. The van der Waals surface area contributed by atoms with Crippen LogP contribution in [0.5, 0.6) is 0 Å². The van der Waals surface area contributed by atoms with E-state index < -0.39 is 0 Å². The third kappa shape index (κ3) is 3.13. The Morgan fingerprint density at radius 1 is 1.40 bits per heavy atom. The molecule has 4 heteroatoms. The van der Waals surface area contributed by atoms with E-state index in [9.17, 15) is 4.39 Å². The van der Waals surface area contributed by atoms with Gasteiger partial charge in [-0.15, -0.1) is 0 Å². The van der Waals surface area contributed by atoms with Crippen molar-refractivity contribution in [2.24, 2.45) is 0 Å². The minimum absolute atomic E-state index is 0.109. The molecule has 0 radical (unpaired) electrons. The third-order valence-electron chi connectivity index (χ3n) is 4.42. The van der Waals surface area contributed by atoms with E-state index in [0.717, 1.165) is 37.4 Å². The molecule has 0 aliphatic carbocycles. The standard InChI is InChI=1S/C16H26FN3/c1-5-19-8-9-20(11-12(19)2)16-7-6-14(10-15(16)17)13(3)18-4/h6-7,10,12-13,18H,5,8-9,11H2,1-4H3. The van der Waals surface area contributed by atoms with Crippen LogP contribution in [-0.4, -0.2) is 44.2 Å². The van der Waals surface area contributed by atoms with Crippen LogP contribution in [0.25, 0.3) is 0 Å². The van der Waals surface area contributed by atoms with Crippen LogP contribution >= 0.6 is 0 Å². The summed E-state index contributed by atoms with van der Waals surface area (Å²) in [6.45, 7) is 10.3. The van der Waals surface area contributed by atoms with Gasteiger partial charge in [0.15, 0.2) is 0 Å². The number of nitrogens with one attached hydrogen (secondary N) is 1. The summed E-state index contributed by atoms with van der Waals surface area (Å²) in [6.07, 6.45) is 0. The highest BCUT2D eigenvalue weighted by molar-refractivity contribution is 5.50. The first kappa shape index (κ1) is 15.3. The molecule has 2 rings (SSSR count). The molecule has 3 nitrogen and oxygen atoms in total. The van der Waals surface area contributed by atoms with Crippen LogP contribution in [-0.2, 0) is 0 Å². The number of benzene rings is 1.